The van der Waals surface area contributed by atoms with E-state index in [9.17, 15) is 17.6 Å². The molecular weight excluding hydrogens is 497 g/mol. The van der Waals surface area contributed by atoms with E-state index in [4.69, 9.17) is 10.5 Å². The minimum Gasteiger partial charge on any atom is -0.493 e. The molecule has 0 spiro atoms. The van der Waals surface area contributed by atoms with E-state index in [-0.39, 0.29) is 22.3 Å². The molecular formula is C26H30FN5O4S. The number of nitrogen functional groups attached to an aromatic ring is 1. The van der Waals surface area contributed by atoms with Crippen LogP contribution < -0.4 is 20.1 Å². The molecule has 37 heavy (non-hydrogen) atoms. The van der Waals surface area contributed by atoms with E-state index >= 15 is 0 Å². The molecule has 1 aromatic carbocycles. The predicted molar refractivity (Wildman–Crippen MR) is 139 cm³/mol. The molecule has 9 nitrogen and oxygen atoms in total. The van der Waals surface area contributed by atoms with Crippen molar-refractivity contribution >= 4 is 27.6 Å². The Labute approximate surface area is 215 Å². The van der Waals surface area contributed by atoms with E-state index in [0.29, 0.717) is 48.4 Å². The summed E-state index contributed by atoms with van der Waals surface area (Å²) >= 11 is 0. The summed E-state index contributed by atoms with van der Waals surface area (Å²) in [7, 11) is -4.27. The molecule has 1 saturated heterocycles. The number of aromatic nitrogens is 2. The Balaban J connectivity index is 1.70. The Morgan fingerprint density at radius 1 is 1.22 bits per heavy atom. The lowest BCUT2D eigenvalue weighted by Crippen LogP contribution is -2.33. The van der Waals surface area contributed by atoms with Crippen LogP contribution in [-0.2, 0) is 10.0 Å². The SMILES string of the molecule is CC(C)COc1cc(F)cc(-c2ccc(C(=O)NS(=O)(=O)c3cccc(N)n3)c(N3CC[C@H](C)C3)n2)c1. The van der Waals surface area contributed by atoms with E-state index < -0.39 is 21.7 Å². The number of nitrogens with one attached hydrogen (secondary N) is 1. The van der Waals surface area contributed by atoms with Gasteiger partial charge < -0.3 is 15.4 Å². The summed E-state index contributed by atoms with van der Waals surface area (Å²) in [4.78, 5) is 23.6. The van der Waals surface area contributed by atoms with Gasteiger partial charge >= 0.3 is 0 Å². The first-order chi connectivity index (χ1) is 17.5. The molecule has 3 heterocycles. The normalized spacial score (nSPS) is 15.7. The molecule has 4 rings (SSSR count). The minimum atomic E-state index is -4.27. The first kappa shape index (κ1) is 26.3. The van der Waals surface area contributed by atoms with Crippen molar-refractivity contribution in [2.24, 2.45) is 11.8 Å². The molecule has 0 aliphatic carbocycles. The molecule has 1 atom stereocenters. The third-order valence-electron chi connectivity index (χ3n) is 5.84. The second-order valence-electron chi connectivity index (χ2n) is 9.62. The van der Waals surface area contributed by atoms with Crippen LogP contribution in [0.2, 0.25) is 0 Å². The van der Waals surface area contributed by atoms with Gasteiger partial charge in [-0.25, -0.2) is 19.1 Å². The maximum absolute atomic E-state index is 14.4. The Kier molecular flexibility index (Phi) is 7.63. The van der Waals surface area contributed by atoms with Crippen LogP contribution in [0, 0.1) is 17.7 Å². The summed E-state index contributed by atoms with van der Waals surface area (Å²) < 4.78 is 47.7. The van der Waals surface area contributed by atoms with Gasteiger partial charge in [0, 0.05) is 24.7 Å². The smallest absolute Gasteiger partial charge is 0.281 e. The zero-order valence-electron chi connectivity index (χ0n) is 20.9. The highest BCUT2D eigenvalue weighted by molar-refractivity contribution is 7.90. The van der Waals surface area contributed by atoms with Gasteiger partial charge in [0.15, 0.2) is 5.03 Å². The number of carbonyl (C=O) groups is 1. The second kappa shape index (κ2) is 10.7. The van der Waals surface area contributed by atoms with Crippen LogP contribution in [0.25, 0.3) is 11.3 Å². The molecule has 1 amide bonds. The van der Waals surface area contributed by atoms with Gasteiger partial charge in [-0.15, -0.1) is 0 Å². The lowest BCUT2D eigenvalue weighted by molar-refractivity contribution is 0.0981. The van der Waals surface area contributed by atoms with Crippen molar-refractivity contribution in [2.75, 3.05) is 30.3 Å². The number of nitrogens with zero attached hydrogens (tertiary/aromatic N) is 3. The molecule has 0 saturated carbocycles. The number of sulfonamides is 1. The maximum atomic E-state index is 14.4. The Bertz CT molecular complexity index is 1410. The van der Waals surface area contributed by atoms with E-state index in [2.05, 4.69) is 21.6 Å². The topological polar surface area (TPSA) is 128 Å². The number of hydrogen-bond donors (Lipinski definition) is 2. The number of rotatable bonds is 8. The van der Waals surface area contributed by atoms with Gasteiger partial charge in [-0.3, -0.25) is 4.79 Å². The van der Waals surface area contributed by atoms with Gasteiger partial charge in [0.25, 0.3) is 15.9 Å². The summed E-state index contributed by atoms with van der Waals surface area (Å²) in [5, 5.41) is -0.365. The average Bonchev–Trinajstić information content (AvgIpc) is 3.28. The Morgan fingerprint density at radius 2 is 2.00 bits per heavy atom. The van der Waals surface area contributed by atoms with E-state index in [1.54, 1.807) is 12.1 Å². The number of carbonyl (C=O) groups excluding carboxylic acids is 1. The molecule has 0 unspecified atom stereocenters. The maximum Gasteiger partial charge on any atom is 0.281 e. The third kappa shape index (κ3) is 6.34. The number of amides is 1. The van der Waals surface area contributed by atoms with Crippen LogP contribution in [0.15, 0.2) is 53.6 Å². The molecule has 11 heteroatoms. The molecule has 1 fully saturated rings. The molecule has 1 aliphatic heterocycles. The first-order valence-corrected chi connectivity index (χ1v) is 13.5. The highest BCUT2D eigenvalue weighted by Crippen LogP contribution is 2.31. The fraction of sp³-hybridized carbons (Fsp3) is 0.346. The Hall–Kier alpha value is -3.73. The number of anilines is 2. The van der Waals surface area contributed by atoms with E-state index in [0.717, 1.165) is 6.42 Å². The van der Waals surface area contributed by atoms with Crippen molar-refractivity contribution in [3.8, 4) is 17.0 Å². The quantitative estimate of drug-likeness (QED) is 0.452. The summed E-state index contributed by atoms with van der Waals surface area (Å²) in [5.74, 6) is 0.0280. The zero-order valence-corrected chi connectivity index (χ0v) is 21.8. The lowest BCUT2D eigenvalue weighted by atomic mass is 10.1. The van der Waals surface area contributed by atoms with Gasteiger partial charge in [-0.2, -0.15) is 8.42 Å². The number of pyridine rings is 2. The number of nitrogens with two attached hydrogens (primary N) is 1. The zero-order chi connectivity index (χ0) is 26.7. The first-order valence-electron chi connectivity index (χ1n) is 12.0. The number of halogens is 1. The fourth-order valence-corrected chi connectivity index (χ4v) is 4.96. The summed E-state index contributed by atoms with van der Waals surface area (Å²) in [6, 6.07) is 11.5. The molecule has 0 bridgehead atoms. The molecule has 2 aromatic heterocycles. The van der Waals surface area contributed by atoms with E-state index in [1.165, 1.54) is 36.4 Å². The second-order valence-corrected chi connectivity index (χ2v) is 11.3. The van der Waals surface area contributed by atoms with Gasteiger partial charge in [0.05, 0.1) is 17.9 Å². The summed E-state index contributed by atoms with van der Waals surface area (Å²) in [6.07, 6.45) is 0.894. The Morgan fingerprint density at radius 3 is 2.68 bits per heavy atom. The monoisotopic (exact) mass is 527 g/mol. The molecule has 1 aliphatic rings. The molecule has 0 radical (unpaired) electrons. The predicted octanol–water partition coefficient (Wildman–Crippen LogP) is 3.86. The van der Waals surface area contributed by atoms with Gasteiger partial charge in [-0.1, -0.05) is 26.8 Å². The van der Waals surface area contributed by atoms with Crippen LogP contribution in [0.4, 0.5) is 16.0 Å². The van der Waals surface area contributed by atoms with E-state index in [1.807, 2.05) is 18.7 Å². The summed E-state index contributed by atoms with van der Waals surface area (Å²) in [6.45, 7) is 7.81. The van der Waals surface area contributed by atoms with Gasteiger partial charge in [0.1, 0.15) is 23.2 Å². The highest BCUT2D eigenvalue weighted by atomic mass is 32.2. The van der Waals surface area contributed by atoms with Crippen molar-refractivity contribution in [3.63, 3.8) is 0 Å². The summed E-state index contributed by atoms with van der Waals surface area (Å²) in [5.41, 5.74) is 6.60. The van der Waals surface area contributed by atoms with Crippen molar-refractivity contribution < 1.29 is 22.3 Å². The van der Waals surface area contributed by atoms with Crippen LogP contribution >= 0.6 is 0 Å². The van der Waals surface area contributed by atoms with Crippen molar-refractivity contribution in [1.29, 1.82) is 0 Å². The largest absolute Gasteiger partial charge is 0.493 e. The van der Waals surface area contributed by atoms with Gasteiger partial charge in [0.2, 0.25) is 0 Å². The highest BCUT2D eigenvalue weighted by Gasteiger charge is 2.28. The number of ether oxygens (including phenoxy) is 1. The lowest BCUT2D eigenvalue weighted by Gasteiger charge is -2.21. The van der Waals surface area contributed by atoms with Gasteiger partial charge in [-0.05, 0) is 54.7 Å². The van der Waals surface area contributed by atoms with Crippen molar-refractivity contribution in [1.82, 2.24) is 14.7 Å². The fourth-order valence-electron chi connectivity index (χ4n) is 4.02. The molecule has 196 valence electrons. The third-order valence-corrected chi connectivity index (χ3v) is 7.07. The van der Waals surface area contributed by atoms with Crippen molar-refractivity contribution in [3.05, 3.63) is 59.9 Å². The minimum absolute atomic E-state index is 0.0138. The average molecular weight is 528 g/mol. The molecule has 3 aromatic rings. The van der Waals surface area contributed by atoms with Crippen molar-refractivity contribution in [2.45, 2.75) is 32.2 Å². The molecule has 3 N–H and O–H groups in total. The van der Waals surface area contributed by atoms with Crippen LogP contribution in [0.3, 0.4) is 0 Å². The van der Waals surface area contributed by atoms with Crippen LogP contribution in [0.1, 0.15) is 37.6 Å². The van der Waals surface area contributed by atoms with Crippen LogP contribution in [-0.4, -0.2) is 44.0 Å². The number of benzene rings is 1. The number of hydrogen-bond acceptors (Lipinski definition) is 8. The standard InChI is InChI=1S/C26H30FN5O4S/c1-16(2)15-36-20-12-18(11-19(27)13-20)22-8-7-21(25(29-22)32-10-9-17(3)14-32)26(33)31-37(34,35)24-6-4-5-23(28)30-24/h4-8,11-13,16-17H,9-10,14-15H2,1-3H3,(H2,28,30)(H,31,33)/t17-/m0/s1. The van der Waals surface area contributed by atoms with Crippen LogP contribution in [0.5, 0.6) is 5.75 Å².